The first-order valence-electron chi connectivity index (χ1n) is 4.68. The molecule has 0 aromatic rings. The molecule has 6 heteroatoms. The quantitative estimate of drug-likeness (QED) is 0.768. The molecule has 0 aliphatic heterocycles. The van der Waals surface area contributed by atoms with Crippen LogP contribution in [-0.2, 0) is 4.74 Å². The van der Waals surface area contributed by atoms with E-state index >= 15 is 0 Å². The minimum Gasteiger partial charge on any atom is -0.369 e. The molecule has 1 saturated carbocycles. The lowest BCUT2D eigenvalue weighted by Crippen LogP contribution is -2.47. The zero-order chi connectivity index (χ0) is 11.5. The van der Waals surface area contributed by atoms with Crippen LogP contribution in [-0.4, -0.2) is 31.0 Å². The molecule has 86 valence electrons. The van der Waals surface area contributed by atoms with E-state index in [0.717, 1.165) is 12.8 Å². The third kappa shape index (κ3) is 5.00. The van der Waals surface area contributed by atoms with Gasteiger partial charge in [-0.25, -0.2) is 0 Å². The summed E-state index contributed by atoms with van der Waals surface area (Å²) in [7, 11) is 0. The van der Waals surface area contributed by atoms with Gasteiger partial charge in [-0.2, -0.15) is 18.4 Å². The van der Waals surface area contributed by atoms with Crippen molar-refractivity contribution < 1.29 is 17.9 Å². The lowest BCUT2D eigenvalue weighted by atomic mass is 10.1. The molecule has 0 radical (unpaired) electrons. The third-order valence-corrected chi connectivity index (χ3v) is 2.00. The summed E-state index contributed by atoms with van der Waals surface area (Å²) in [6.45, 7) is -0.0161. The molecule has 0 amide bonds. The van der Waals surface area contributed by atoms with E-state index in [1.54, 1.807) is 6.92 Å². The molecule has 3 nitrogen and oxygen atoms in total. The van der Waals surface area contributed by atoms with E-state index in [1.165, 1.54) is 0 Å². The number of rotatable bonds is 5. The van der Waals surface area contributed by atoms with Crippen LogP contribution in [0.15, 0.2) is 0 Å². The fourth-order valence-corrected chi connectivity index (χ4v) is 1.16. The number of nitrogens with zero attached hydrogens (tertiary/aromatic N) is 1. The van der Waals surface area contributed by atoms with Crippen molar-refractivity contribution in [2.45, 2.75) is 37.5 Å². The van der Waals surface area contributed by atoms with Crippen LogP contribution in [0.4, 0.5) is 13.2 Å². The number of nitriles is 1. The third-order valence-electron chi connectivity index (χ3n) is 2.00. The molecule has 1 rings (SSSR count). The van der Waals surface area contributed by atoms with Gasteiger partial charge in [0.05, 0.1) is 12.7 Å². The Labute approximate surface area is 86.2 Å². The van der Waals surface area contributed by atoms with Crippen LogP contribution in [0.25, 0.3) is 0 Å². The maximum absolute atomic E-state index is 11.8. The summed E-state index contributed by atoms with van der Waals surface area (Å²) >= 11 is 0. The number of hydrogen-bond donors (Lipinski definition) is 1. The Morgan fingerprint density at radius 1 is 1.40 bits per heavy atom. The Morgan fingerprint density at radius 3 is 2.40 bits per heavy atom. The van der Waals surface area contributed by atoms with Gasteiger partial charge in [-0.05, 0) is 19.8 Å². The van der Waals surface area contributed by atoms with Crippen molar-refractivity contribution in [2.24, 2.45) is 0 Å². The number of hydrogen-bond acceptors (Lipinski definition) is 3. The summed E-state index contributed by atoms with van der Waals surface area (Å²) in [4.78, 5) is 0. The molecule has 1 aliphatic carbocycles. The van der Waals surface area contributed by atoms with Crippen LogP contribution in [0, 0.1) is 11.3 Å². The monoisotopic (exact) mass is 222 g/mol. The number of halogens is 3. The summed E-state index contributed by atoms with van der Waals surface area (Å²) in [5.41, 5.74) is -1.02. The highest BCUT2D eigenvalue weighted by Crippen LogP contribution is 2.23. The minimum atomic E-state index is -4.34. The van der Waals surface area contributed by atoms with Gasteiger partial charge in [-0.3, -0.25) is 5.32 Å². The van der Waals surface area contributed by atoms with E-state index in [2.05, 4.69) is 10.1 Å². The molecule has 1 fully saturated rings. The first-order valence-corrected chi connectivity index (χ1v) is 4.68. The van der Waals surface area contributed by atoms with Crippen molar-refractivity contribution in [3.8, 4) is 6.07 Å². The van der Waals surface area contributed by atoms with E-state index < -0.39 is 18.3 Å². The Bertz CT molecular complexity index is 257. The molecule has 15 heavy (non-hydrogen) atoms. The second kappa shape index (κ2) is 4.37. The van der Waals surface area contributed by atoms with Crippen LogP contribution in [0.2, 0.25) is 0 Å². The Morgan fingerprint density at radius 2 is 2.00 bits per heavy atom. The maximum Gasteiger partial charge on any atom is 0.411 e. The van der Waals surface area contributed by atoms with Gasteiger partial charge in [-0.15, -0.1) is 0 Å². The molecule has 1 N–H and O–H groups in total. The number of nitrogens with one attached hydrogen (secondary N) is 1. The van der Waals surface area contributed by atoms with Gasteiger partial charge in [0.15, 0.2) is 0 Å². The molecule has 0 heterocycles. The molecule has 0 bridgehead atoms. The van der Waals surface area contributed by atoms with Crippen molar-refractivity contribution >= 4 is 0 Å². The maximum atomic E-state index is 11.8. The topological polar surface area (TPSA) is 45.0 Å². The predicted octanol–water partition coefficient (Wildman–Crippen LogP) is 1.60. The van der Waals surface area contributed by atoms with Crippen LogP contribution in [0.5, 0.6) is 0 Å². The summed E-state index contributed by atoms with van der Waals surface area (Å²) in [5, 5.41) is 11.8. The van der Waals surface area contributed by atoms with Gasteiger partial charge >= 0.3 is 6.18 Å². The van der Waals surface area contributed by atoms with Crippen molar-refractivity contribution in [2.75, 3.05) is 13.2 Å². The predicted molar refractivity (Wildman–Crippen MR) is 47.0 cm³/mol. The molecule has 1 atom stereocenters. The van der Waals surface area contributed by atoms with Gasteiger partial charge in [0.2, 0.25) is 0 Å². The smallest absolute Gasteiger partial charge is 0.369 e. The zero-order valence-corrected chi connectivity index (χ0v) is 8.40. The van der Waals surface area contributed by atoms with Crippen molar-refractivity contribution in [1.29, 1.82) is 5.26 Å². The minimum absolute atomic E-state index is 0.250. The second-order valence-corrected chi connectivity index (χ2v) is 3.97. The van der Waals surface area contributed by atoms with Gasteiger partial charge in [0.25, 0.3) is 0 Å². The molecular weight excluding hydrogens is 209 g/mol. The molecule has 1 aliphatic rings. The Balaban J connectivity index is 2.29. The standard InChI is InChI=1S/C9H13F3N2O/c1-8(4-13,14-7-2-3-7)5-15-6-9(10,11)12/h7,14H,2-3,5-6H2,1H3. The van der Waals surface area contributed by atoms with Crippen LogP contribution < -0.4 is 5.32 Å². The van der Waals surface area contributed by atoms with Gasteiger partial charge < -0.3 is 4.74 Å². The lowest BCUT2D eigenvalue weighted by Gasteiger charge is -2.23. The summed E-state index contributed by atoms with van der Waals surface area (Å²) in [5.74, 6) is 0. The van der Waals surface area contributed by atoms with Crippen LogP contribution in [0.1, 0.15) is 19.8 Å². The summed E-state index contributed by atoms with van der Waals surface area (Å²) < 4.78 is 39.8. The Hall–Kier alpha value is -0.800. The van der Waals surface area contributed by atoms with E-state index in [0.29, 0.717) is 0 Å². The van der Waals surface area contributed by atoms with Crippen molar-refractivity contribution in [1.82, 2.24) is 5.32 Å². The molecule has 0 saturated heterocycles. The van der Waals surface area contributed by atoms with Crippen molar-refractivity contribution in [3.05, 3.63) is 0 Å². The summed E-state index contributed by atoms with van der Waals surface area (Å²) in [6.07, 6.45) is -2.40. The van der Waals surface area contributed by atoms with Gasteiger partial charge in [0.1, 0.15) is 12.1 Å². The first kappa shape index (κ1) is 12.3. The summed E-state index contributed by atoms with van der Waals surface area (Å²) in [6, 6.07) is 2.19. The van der Waals surface area contributed by atoms with E-state index in [9.17, 15) is 13.2 Å². The highest BCUT2D eigenvalue weighted by molar-refractivity contribution is 5.07. The average Bonchev–Trinajstić information content (AvgIpc) is 2.86. The molecule has 0 spiro atoms. The van der Waals surface area contributed by atoms with Crippen molar-refractivity contribution in [3.63, 3.8) is 0 Å². The van der Waals surface area contributed by atoms with Gasteiger partial charge in [0, 0.05) is 6.04 Å². The molecular formula is C9H13F3N2O. The largest absolute Gasteiger partial charge is 0.411 e. The SMILES string of the molecule is CC(C#N)(COCC(F)(F)F)NC1CC1. The second-order valence-electron chi connectivity index (χ2n) is 3.97. The van der Waals surface area contributed by atoms with Crippen LogP contribution >= 0.6 is 0 Å². The molecule has 0 aromatic heterocycles. The lowest BCUT2D eigenvalue weighted by molar-refractivity contribution is -0.176. The average molecular weight is 222 g/mol. The van der Waals surface area contributed by atoms with Crippen LogP contribution in [0.3, 0.4) is 0 Å². The van der Waals surface area contributed by atoms with E-state index in [1.807, 2.05) is 6.07 Å². The Kier molecular flexibility index (Phi) is 3.58. The molecule has 0 aromatic carbocycles. The molecule has 1 unspecified atom stereocenters. The number of alkyl halides is 3. The first-order chi connectivity index (χ1) is 6.85. The van der Waals surface area contributed by atoms with E-state index in [4.69, 9.17) is 5.26 Å². The number of ether oxygens (including phenoxy) is 1. The van der Waals surface area contributed by atoms with E-state index in [-0.39, 0.29) is 12.6 Å². The normalized spacial score (nSPS) is 20.7. The zero-order valence-electron chi connectivity index (χ0n) is 8.40. The fourth-order valence-electron chi connectivity index (χ4n) is 1.16. The highest BCUT2D eigenvalue weighted by Gasteiger charge is 2.34. The fraction of sp³-hybridized carbons (Fsp3) is 0.889. The van der Waals surface area contributed by atoms with Gasteiger partial charge in [-0.1, -0.05) is 0 Å². The highest BCUT2D eigenvalue weighted by atomic mass is 19.4.